The standard InChI is InChI=1S/C10H15NO2/c1-7-3-4-10(12)8(5-7)9(11)6-13-2/h3-5,9,12H,6,11H2,1-2H3/t9-/m1/s1. The van der Waals surface area contributed by atoms with Crippen molar-refractivity contribution in [1.29, 1.82) is 0 Å². The summed E-state index contributed by atoms with van der Waals surface area (Å²) in [5, 5.41) is 9.50. The number of hydrogen-bond acceptors (Lipinski definition) is 3. The van der Waals surface area contributed by atoms with Crippen molar-refractivity contribution in [3.8, 4) is 5.75 Å². The molecule has 0 heterocycles. The molecule has 0 amide bonds. The van der Waals surface area contributed by atoms with Crippen molar-refractivity contribution in [2.45, 2.75) is 13.0 Å². The van der Waals surface area contributed by atoms with Gasteiger partial charge >= 0.3 is 0 Å². The predicted molar refractivity (Wildman–Crippen MR) is 51.6 cm³/mol. The molecule has 3 heteroatoms. The lowest BCUT2D eigenvalue weighted by molar-refractivity contribution is 0.180. The van der Waals surface area contributed by atoms with Gasteiger partial charge in [0.15, 0.2) is 0 Å². The van der Waals surface area contributed by atoms with Crippen LogP contribution in [0.1, 0.15) is 17.2 Å². The summed E-state index contributed by atoms with van der Waals surface area (Å²) in [5.41, 5.74) is 7.61. The monoisotopic (exact) mass is 181 g/mol. The molecule has 3 nitrogen and oxygen atoms in total. The third-order valence-electron chi connectivity index (χ3n) is 1.93. The maximum atomic E-state index is 9.50. The molecule has 1 aromatic rings. The summed E-state index contributed by atoms with van der Waals surface area (Å²) in [6.45, 7) is 2.37. The number of benzene rings is 1. The largest absolute Gasteiger partial charge is 0.508 e. The van der Waals surface area contributed by atoms with E-state index < -0.39 is 0 Å². The van der Waals surface area contributed by atoms with Gasteiger partial charge in [0.1, 0.15) is 5.75 Å². The summed E-state index contributed by atoms with van der Waals surface area (Å²) in [6, 6.07) is 5.11. The maximum absolute atomic E-state index is 9.50. The van der Waals surface area contributed by atoms with Gasteiger partial charge in [-0.2, -0.15) is 0 Å². The number of phenolic OH excluding ortho intramolecular Hbond substituents is 1. The zero-order valence-electron chi connectivity index (χ0n) is 7.95. The number of ether oxygens (including phenoxy) is 1. The van der Waals surface area contributed by atoms with Crippen LogP contribution in [0.4, 0.5) is 0 Å². The average molecular weight is 181 g/mol. The van der Waals surface area contributed by atoms with E-state index in [9.17, 15) is 5.11 Å². The van der Waals surface area contributed by atoms with Gasteiger partial charge in [-0.05, 0) is 13.0 Å². The number of rotatable bonds is 3. The van der Waals surface area contributed by atoms with Gasteiger partial charge in [-0.3, -0.25) is 0 Å². The van der Waals surface area contributed by atoms with Gasteiger partial charge in [-0.25, -0.2) is 0 Å². The molecule has 0 aromatic heterocycles. The zero-order chi connectivity index (χ0) is 9.84. The Balaban J connectivity index is 2.91. The minimum absolute atomic E-state index is 0.232. The Labute approximate surface area is 78.1 Å². The quantitative estimate of drug-likeness (QED) is 0.740. The lowest BCUT2D eigenvalue weighted by Crippen LogP contribution is -2.16. The predicted octanol–water partition coefficient (Wildman–Crippen LogP) is 1.35. The first-order valence-corrected chi connectivity index (χ1v) is 4.19. The summed E-state index contributed by atoms with van der Waals surface area (Å²) in [5.74, 6) is 0.232. The van der Waals surface area contributed by atoms with Crippen LogP contribution in [-0.4, -0.2) is 18.8 Å². The Morgan fingerprint density at radius 1 is 1.54 bits per heavy atom. The van der Waals surface area contributed by atoms with Crippen molar-refractivity contribution in [2.75, 3.05) is 13.7 Å². The summed E-state index contributed by atoms with van der Waals surface area (Å²) in [7, 11) is 1.59. The molecule has 3 N–H and O–H groups in total. The smallest absolute Gasteiger partial charge is 0.120 e. The Hall–Kier alpha value is -1.06. The van der Waals surface area contributed by atoms with Crippen LogP contribution in [0, 0.1) is 6.92 Å². The topological polar surface area (TPSA) is 55.5 Å². The second-order valence-electron chi connectivity index (χ2n) is 3.12. The van der Waals surface area contributed by atoms with Crippen molar-refractivity contribution < 1.29 is 9.84 Å². The highest BCUT2D eigenvalue weighted by molar-refractivity contribution is 5.37. The van der Waals surface area contributed by atoms with Crippen molar-refractivity contribution in [3.63, 3.8) is 0 Å². The van der Waals surface area contributed by atoms with Gasteiger partial charge in [0.05, 0.1) is 12.6 Å². The van der Waals surface area contributed by atoms with E-state index in [1.807, 2.05) is 19.1 Å². The Kier molecular flexibility index (Phi) is 3.28. The molecule has 0 bridgehead atoms. The fourth-order valence-electron chi connectivity index (χ4n) is 1.24. The highest BCUT2D eigenvalue weighted by Crippen LogP contribution is 2.23. The molecule has 0 saturated heterocycles. The van der Waals surface area contributed by atoms with Crippen LogP contribution in [0.25, 0.3) is 0 Å². The van der Waals surface area contributed by atoms with Crippen molar-refractivity contribution in [1.82, 2.24) is 0 Å². The van der Waals surface area contributed by atoms with E-state index in [2.05, 4.69) is 0 Å². The number of aryl methyl sites for hydroxylation is 1. The third-order valence-corrected chi connectivity index (χ3v) is 1.93. The van der Waals surface area contributed by atoms with Crippen molar-refractivity contribution >= 4 is 0 Å². The minimum atomic E-state index is -0.259. The summed E-state index contributed by atoms with van der Waals surface area (Å²) < 4.78 is 4.92. The fourth-order valence-corrected chi connectivity index (χ4v) is 1.24. The van der Waals surface area contributed by atoms with Crippen LogP contribution in [0.15, 0.2) is 18.2 Å². The molecule has 0 aliphatic carbocycles. The number of phenols is 1. The van der Waals surface area contributed by atoms with Crippen LogP contribution in [0.3, 0.4) is 0 Å². The summed E-state index contributed by atoms with van der Waals surface area (Å²) in [4.78, 5) is 0. The molecule has 1 atom stereocenters. The van der Waals surface area contributed by atoms with Gasteiger partial charge in [0, 0.05) is 12.7 Å². The number of aromatic hydroxyl groups is 1. The highest BCUT2D eigenvalue weighted by atomic mass is 16.5. The third kappa shape index (κ3) is 2.44. The van der Waals surface area contributed by atoms with Crippen LogP contribution < -0.4 is 5.73 Å². The van der Waals surface area contributed by atoms with Crippen LogP contribution in [0.5, 0.6) is 5.75 Å². The van der Waals surface area contributed by atoms with E-state index in [0.717, 1.165) is 11.1 Å². The summed E-state index contributed by atoms with van der Waals surface area (Å²) in [6.07, 6.45) is 0. The van der Waals surface area contributed by atoms with Crippen molar-refractivity contribution in [2.24, 2.45) is 5.73 Å². The summed E-state index contributed by atoms with van der Waals surface area (Å²) >= 11 is 0. The maximum Gasteiger partial charge on any atom is 0.120 e. The van der Waals surface area contributed by atoms with Gasteiger partial charge in [-0.1, -0.05) is 17.7 Å². The Morgan fingerprint density at radius 3 is 2.85 bits per heavy atom. The van der Waals surface area contributed by atoms with Gasteiger partial charge in [-0.15, -0.1) is 0 Å². The van der Waals surface area contributed by atoms with Gasteiger partial charge in [0.2, 0.25) is 0 Å². The number of methoxy groups -OCH3 is 1. The second-order valence-corrected chi connectivity index (χ2v) is 3.12. The molecule has 0 unspecified atom stereocenters. The number of nitrogens with two attached hydrogens (primary N) is 1. The van der Waals surface area contributed by atoms with E-state index in [1.54, 1.807) is 13.2 Å². The molecule has 1 aromatic carbocycles. The Bertz CT molecular complexity index is 286. The van der Waals surface area contributed by atoms with Crippen LogP contribution in [-0.2, 0) is 4.74 Å². The molecule has 0 fully saturated rings. The second kappa shape index (κ2) is 4.25. The van der Waals surface area contributed by atoms with Crippen LogP contribution in [0.2, 0.25) is 0 Å². The molecular weight excluding hydrogens is 166 g/mol. The average Bonchev–Trinajstić information content (AvgIpc) is 2.09. The van der Waals surface area contributed by atoms with E-state index >= 15 is 0 Å². The molecule has 0 saturated carbocycles. The minimum Gasteiger partial charge on any atom is -0.508 e. The van der Waals surface area contributed by atoms with E-state index in [-0.39, 0.29) is 11.8 Å². The molecular formula is C10H15NO2. The molecule has 0 spiro atoms. The molecule has 72 valence electrons. The Morgan fingerprint density at radius 2 is 2.23 bits per heavy atom. The van der Waals surface area contributed by atoms with E-state index in [1.165, 1.54) is 0 Å². The highest BCUT2D eigenvalue weighted by Gasteiger charge is 2.10. The van der Waals surface area contributed by atoms with Gasteiger partial charge < -0.3 is 15.6 Å². The molecule has 0 aliphatic rings. The lowest BCUT2D eigenvalue weighted by Gasteiger charge is -2.12. The fraction of sp³-hybridized carbons (Fsp3) is 0.400. The van der Waals surface area contributed by atoms with Gasteiger partial charge in [0.25, 0.3) is 0 Å². The van der Waals surface area contributed by atoms with Crippen LogP contribution >= 0.6 is 0 Å². The van der Waals surface area contributed by atoms with E-state index in [4.69, 9.17) is 10.5 Å². The molecule has 1 rings (SSSR count). The molecule has 0 aliphatic heterocycles. The zero-order valence-corrected chi connectivity index (χ0v) is 7.95. The lowest BCUT2D eigenvalue weighted by atomic mass is 10.0. The number of hydrogen-bond donors (Lipinski definition) is 2. The normalized spacial score (nSPS) is 12.8. The first-order chi connectivity index (χ1) is 6.15. The molecule has 13 heavy (non-hydrogen) atoms. The SMILES string of the molecule is COC[C@@H](N)c1cc(C)ccc1O. The first kappa shape index (κ1) is 10.0. The van der Waals surface area contributed by atoms with Crippen molar-refractivity contribution in [3.05, 3.63) is 29.3 Å². The molecule has 0 radical (unpaired) electrons. The first-order valence-electron chi connectivity index (χ1n) is 4.19. The van der Waals surface area contributed by atoms with E-state index in [0.29, 0.717) is 6.61 Å².